The van der Waals surface area contributed by atoms with Gasteiger partial charge in [-0.15, -0.1) is 0 Å². The van der Waals surface area contributed by atoms with Gasteiger partial charge in [-0.05, 0) is 18.3 Å². The van der Waals surface area contributed by atoms with Crippen molar-refractivity contribution in [3.05, 3.63) is 0 Å². The Balaban J connectivity index is 3.89. The molecule has 0 saturated carbocycles. The summed E-state index contributed by atoms with van der Waals surface area (Å²) in [5.41, 5.74) is 0. The Labute approximate surface area is 76.3 Å². The van der Waals surface area contributed by atoms with E-state index in [1.165, 1.54) is 0 Å². The van der Waals surface area contributed by atoms with Gasteiger partial charge in [-0.1, -0.05) is 27.7 Å². The summed E-state index contributed by atoms with van der Waals surface area (Å²) in [5.74, 6) is 1.41. The summed E-state index contributed by atoms with van der Waals surface area (Å²) in [4.78, 5) is 0. The Morgan fingerprint density at radius 1 is 1.00 bits per heavy atom. The fourth-order valence-electron chi connectivity index (χ4n) is 1.01. The summed E-state index contributed by atoms with van der Waals surface area (Å²) < 4.78 is 22.7. The minimum Gasteiger partial charge on any atom is -0.229 e. The maximum Gasteiger partial charge on any atom is 0.150 e. The summed E-state index contributed by atoms with van der Waals surface area (Å²) in [6, 6.07) is 0. The lowest BCUT2D eigenvalue weighted by atomic mass is 10.2. The van der Waals surface area contributed by atoms with Crippen LogP contribution < -0.4 is 0 Å². The molecule has 0 N–H and O–H groups in total. The predicted molar refractivity (Wildman–Crippen MR) is 52.9 cm³/mol. The first-order valence-electron chi connectivity index (χ1n) is 4.54. The third kappa shape index (κ3) is 6.65. The van der Waals surface area contributed by atoms with Crippen molar-refractivity contribution in [2.24, 2.45) is 11.8 Å². The second-order valence-electron chi connectivity index (χ2n) is 4.19. The number of hydrogen-bond donors (Lipinski definition) is 0. The van der Waals surface area contributed by atoms with Gasteiger partial charge in [0.05, 0.1) is 11.5 Å². The first kappa shape index (κ1) is 11.9. The Bertz CT molecular complexity index is 203. The van der Waals surface area contributed by atoms with Crippen molar-refractivity contribution in [2.45, 2.75) is 34.1 Å². The van der Waals surface area contributed by atoms with Crippen LogP contribution in [0.5, 0.6) is 0 Å². The van der Waals surface area contributed by atoms with Gasteiger partial charge in [0.1, 0.15) is 0 Å². The topological polar surface area (TPSA) is 34.1 Å². The average molecular weight is 192 g/mol. The van der Waals surface area contributed by atoms with Crippen molar-refractivity contribution in [3.63, 3.8) is 0 Å². The van der Waals surface area contributed by atoms with Crippen molar-refractivity contribution >= 4 is 9.84 Å². The van der Waals surface area contributed by atoms with E-state index >= 15 is 0 Å². The van der Waals surface area contributed by atoms with Crippen LogP contribution in [-0.4, -0.2) is 19.9 Å². The molecule has 0 amide bonds. The molecule has 0 aromatic carbocycles. The van der Waals surface area contributed by atoms with Gasteiger partial charge in [0.2, 0.25) is 0 Å². The Kier molecular flexibility index (Phi) is 4.83. The van der Waals surface area contributed by atoms with Gasteiger partial charge in [-0.3, -0.25) is 0 Å². The van der Waals surface area contributed by atoms with E-state index < -0.39 is 9.84 Å². The smallest absolute Gasteiger partial charge is 0.150 e. The molecule has 0 aromatic heterocycles. The predicted octanol–water partition coefficient (Wildman–Crippen LogP) is 2.10. The Morgan fingerprint density at radius 2 is 1.50 bits per heavy atom. The average Bonchev–Trinajstić information content (AvgIpc) is 1.81. The normalized spacial score (nSPS) is 12.8. The van der Waals surface area contributed by atoms with Crippen LogP contribution in [0.25, 0.3) is 0 Å². The Hall–Kier alpha value is -0.0500. The van der Waals surface area contributed by atoms with E-state index in [1.54, 1.807) is 0 Å². The van der Waals surface area contributed by atoms with E-state index in [4.69, 9.17) is 0 Å². The molecule has 0 radical (unpaired) electrons. The van der Waals surface area contributed by atoms with Crippen LogP contribution in [0.1, 0.15) is 34.1 Å². The third-order valence-corrected chi connectivity index (χ3v) is 3.63. The van der Waals surface area contributed by atoms with E-state index in [0.29, 0.717) is 17.4 Å². The molecule has 0 unspecified atom stereocenters. The quantitative estimate of drug-likeness (QED) is 0.668. The highest BCUT2D eigenvalue weighted by Crippen LogP contribution is 2.06. The molecule has 0 fully saturated rings. The maximum absolute atomic E-state index is 11.3. The number of rotatable bonds is 5. The summed E-state index contributed by atoms with van der Waals surface area (Å²) in [6.45, 7) is 7.97. The van der Waals surface area contributed by atoms with Crippen molar-refractivity contribution in [1.82, 2.24) is 0 Å². The largest absolute Gasteiger partial charge is 0.229 e. The second-order valence-corrected chi connectivity index (χ2v) is 6.42. The van der Waals surface area contributed by atoms with Crippen LogP contribution in [0.4, 0.5) is 0 Å². The SMILES string of the molecule is CC(C)CCS(=O)(=O)CC(C)C. The van der Waals surface area contributed by atoms with Crippen molar-refractivity contribution in [1.29, 1.82) is 0 Å². The highest BCUT2D eigenvalue weighted by Gasteiger charge is 2.13. The molecular weight excluding hydrogens is 172 g/mol. The zero-order valence-electron chi connectivity index (χ0n) is 8.50. The molecule has 0 rings (SSSR count). The van der Waals surface area contributed by atoms with Crippen LogP contribution in [-0.2, 0) is 9.84 Å². The first-order valence-corrected chi connectivity index (χ1v) is 6.36. The van der Waals surface area contributed by atoms with Gasteiger partial charge in [-0.25, -0.2) is 8.42 Å². The molecule has 0 aromatic rings. The Morgan fingerprint density at radius 3 is 1.83 bits per heavy atom. The molecule has 0 aliphatic rings. The van der Waals surface area contributed by atoms with Crippen LogP contribution in [0, 0.1) is 11.8 Å². The van der Waals surface area contributed by atoms with Gasteiger partial charge in [0.15, 0.2) is 9.84 Å². The van der Waals surface area contributed by atoms with Gasteiger partial charge < -0.3 is 0 Å². The minimum atomic E-state index is -2.78. The van der Waals surface area contributed by atoms with Crippen molar-refractivity contribution < 1.29 is 8.42 Å². The maximum atomic E-state index is 11.3. The molecule has 3 heteroatoms. The fraction of sp³-hybridized carbons (Fsp3) is 1.00. The van der Waals surface area contributed by atoms with Gasteiger partial charge in [0, 0.05) is 0 Å². The van der Waals surface area contributed by atoms with E-state index in [2.05, 4.69) is 0 Å². The summed E-state index contributed by atoms with van der Waals surface area (Å²) in [7, 11) is -2.78. The van der Waals surface area contributed by atoms with Gasteiger partial charge >= 0.3 is 0 Å². The molecule has 0 heterocycles. The lowest BCUT2D eigenvalue weighted by Crippen LogP contribution is -2.16. The highest BCUT2D eigenvalue weighted by molar-refractivity contribution is 7.91. The standard InChI is InChI=1S/C9H20O2S/c1-8(2)5-6-12(10,11)7-9(3)4/h8-9H,5-7H2,1-4H3. The van der Waals surface area contributed by atoms with Crippen LogP contribution >= 0.6 is 0 Å². The minimum absolute atomic E-state index is 0.252. The summed E-state index contributed by atoms with van der Waals surface area (Å²) >= 11 is 0. The lowest BCUT2D eigenvalue weighted by Gasteiger charge is -2.08. The first-order chi connectivity index (χ1) is 5.33. The van der Waals surface area contributed by atoms with Gasteiger partial charge in [-0.2, -0.15) is 0 Å². The van der Waals surface area contributed by atoms with Crippen molar-refractivity contribution in [3.8, 4) is 0 Å². The monoisotopic (exact) mass is 192 g/mol. The molecular formula is C9H20O2S. The fourth-order valence-corrected chi connectivity index (χ4v) is 3.02. The van der Waals surface area contributed by atoms with Crippen LogP contribution in [0.3, 0.4) is 0 Å². The molecule has 0 atom stereocenters. The lowest BCUT2D eigenvalue weighted by molar-refractivity contribution is 0.563. The molecule has 0 aliphatic heterocycles. The molecule has 0 saturated heterocycles. The molecule has 74 valence electrons. The van der Waals surface area contributed by atoms with Crippen molar-refractivity contribution in [2.75, 3.05) is 11.5 Å². The number of sulfone groups is 1. The van der Waals surface area contributed by atoms with Crippen LogP contribution in [0.2, 0.25) is 0 Å². The third-order valence-electron chi connectivity index (χ3n) is 1.59. The number of hydrogen-bond acceptors (Lipinski definition) is 2. The molecule has 0 spiro atoms. The summed E-state index contributed by atoms with van der Waals surface area (Å²) in [6.07, 6.45) is 0.787. The van der Waals surface area contributed by atoms with E-state index in [9.17, 15) is 8.42 Å². The van der Waals surface area contributed by atoms with Gasteiger partial charge in [0.25, 0.3) is 0 Å². The zero-order valence-corrected chi connectivity index (χ0v) is 9.32. The van der Waals surface area contributed by atoms with E-state index in [-0.39, 0.29) is 5.92 Å². The van der Waals surface area contributed by atoms with E-state index in [0.717, 1.165) is 6.42 Å². The second kappa shape index (κ2) is 4.85. The molecule has 0 bridgehead atoms. The molecule has 12 heavy (non-hydrogen) atoms. The van der Waals surface area contributed by atoms with E-state index in [1.807, 2.05) is 27.7 Å². The zero-order chi connectivity index (χ0) is 9.78. The summed E-state index contributed by atoms with van der Waals surface area (Å²) in [5, 5.41) is 0. The molecule has 2 nitrogen and oxygen atoms in total. The van der Waals surface area contributed by atoms with Crippen LogP contribution in [0.15, 0.2) is 0 Å². The molecule has 0 aliphatic carbocycles. The highest BCUT2D eigenvalue weighted by atomic mass is 32.2.